The topological polar surface area (TPSA) is 42.0 Å². The highest BCUT2D eigenvalue weighted by molar-refractivity contribution is 5.80. The average molecular weight is 310 g/mol. The lowest BCUT2D eigenvalue weighted by atomic mass is 9.87. The molecule has 0 aromatic rings. The summed E-state index contributed by atoms with van der Waals surface area (Å²) in [7, 11) is 3.63. The summed E-state index contributed by atoms with van der Waals surface area (Å²) in [5, 5.41) is 0. The third kappa shape index (κ3) is 3.63. The minimum atomic E-state index is -0.211. The van der Waals surface area contributed by atoms with Crippen molar-refractivity contribution in [3.8, 4) is 0 Å². The number of rotatable bonds is 3. The molecule has 1 atom stereocenters. The van der Waals surface area contributed by atoms with Gasteiger partial charge < -0.3 is 19.3 Å². The van der Waals surface area contributed by atoms with Crippen LogP contribution >= 0.6 is 0 Å². The monoisotopic (exact) mass is 310 g/mol. The van der Waals surface area contributed by atoms with Gasteiger partial charge in [-0.05, 0) is 44.4 Å². The van der Waals surface area contributed by atoms with Crippen LogP contribution in [-0.2, 0) is 14.3 Å². The molecule has 126 valence electrons. The Hall–Kier alpha value is -0.650. The molecule has 0 bridgehead atoms. The fourth-order valence-electron chi connectivity index (χ4n) is 4.08. The van der Waals surface area contributed by atoms with Crippen LogP contribution in [0.5, 0.6) is 0 Å². The van der Waals surface area contributed by atoms with Gasteiger partial charge in [-0.25, -0.2) is 0 Å². The molecule has 0 unspecified atom stereocenters. The van der Waals surface area contributed by atoms with Gasteiger partial charge in [0.25, 0.3) is 5.91 Å². The SMILES string of the molecule is CN(C)C(=O)[C@@H]1CCC2(CCN(CC3CCOCC3)CC2)O1. The highest BCUT2D eigenvalue weighted by atomic mass is 16.5. The number of carbonyl (C=O) groups excluding carboxylic acids is 1. The predicted molar refractivity (Wildman–Crippen MR) is 84.7 cm³/mol. The van der Waals surface area contributed by atoms with E-state index in [1.807, 2.05) is 14.1 Å². The summed E-state index contributed by atoms with van der Waals surface area (Å²) in [5.41, 5.74) is -0.0253. The van der Waals surface area contributed by atoms with E-state index >= 15 is 0 Å². The number of piperidine rings is 1. The van der Waals surface area contributed by atoms with Crippen molar-refractivity contribution in [3.05, 3.63) is 0 Å². The number of nitrogens with zero attached hydrogens (tertiary/aromatic N) is 2. The summed E-state index contributed by atoms with van der Waals surface area (Å²) in [4.78, 5) is 16.3. The van der Waals surface area contributed by atoms with Gasteiger partial charge in [-0.1, -0.05) is 0 Å². The smallest absolute Gasteiger partial charge is 0.251 e. The van der Waals surface area contributed by atoms with E-state index in [4.69, 9.17) is 9.47 Å². The molecule has 0 radical (unpaired) electrons. The average Bonchev–Trinajstić information content (AvgIpc) is 2.94. The first-order valence-electron chi connectivity index (χ1n) is 8.77. The van der Waals surface area contributed by atoms with Crippen LogP contribution in [0.3, 0.4) is 0 Å². The van der Waals surface area contributed by atoms with Crippen molar-refractivity contribution in [2.45, 2.75) is 50.2 Å². The van der Waals surface area contributed by atoms with Crippen molar-refractivity contribution in [1.82, 2.24) is 9.80 Å². The Morgan fingerprint density at radius 3 is 2.45 bits per heavy atom. The first-order chi connectivity index (χ1) is 10.6. The molecule has 22 heavy (non-hydrogen) atoms. The van der Waals surface area contributed by atoms with Crippen molar-refractivity contribution >= 4 is 5.91 Å². The summed E-state index contributed by atoms with van der Waals surface area (Å²) in [6, 6.07) is 0. The number of hydrogen-bond acceptors (Lipinski definition) is 4. The number of hydrogen-bond donors (Lipinski definition) is 0. The van der Waals surface area contributed by atoms with E-state index in [9.17, 15) is 4.79 Å². The Bertz CT molecular complexity index is 385. The van der Waals surface area contributed by atoms with Gasteiger partial charge in [-0.2, -0.15) is 0 Å². The van der Waals surface area contributed by atoms with E-state index < -0.39 is 0 Å². The Morgan fingerprint density at radius 2 is 1.82 bits per heavy atom. The molecular formula is C17H30N2O3. The molecule has 3 aliphatic heterocycles. The number of likely N-dealkylation sites (N-methyl/N-ethyl adjacent to an activating group) is 1. The van der Waals surface area contributed by atoms with Gasteiger partial charge in [0.2, 0.25) is 0 Å². The molecule has 5 heteroatoms. The molecule has 3 fully saturated rings. The zero-order valence-corrected chi connectivity index (χ0v) is 14.1. The van der Waals surface area contributed by atoms with Crippen molar-refractivity contribution in [1.29, 1.82) is 0 Å². The molecule has 0 aromatic carbocycles. The molecule has 0 aromatic heterocycles. The zero-order valence-electron chi connectivity index (χ0n) is 14.1. The van der Waals surface area contributed by atoms with Crippen molar-refractivity contribution in [3.63, 3.8) is 0 Å². The zero-order chi connectivity index (χ0) is 15.6. The van der Waals surface area contributed by atoms with E-state index in [1.54, 1.807) is 4.90 Å². The van der Waals surface area contributed by atoms with Crippen LogP contribution in [0.1, 0.15) is 38.5 Å². The first-order valence-corrected chi connectivity index (χ1v) is 8.77. The van der Waals surface area contributed by atoms with E-state index in [2.05, 4.69) is 4.90 Å². The Kier molecular flexibility index (Phi) is 5.05. The van der Waals surface area contributed by atoms with Crippen LogP contribution in [0.2, 0.25) is 0 Å². The lowest BCUT2D eigenvalue weighted by Gasteiger charge is -2.40. The van der Waals surface area contributed by atoms with Gasteiger partial charge >= 0.3 is 0 Å². The van der Waals surface area contributed by atoms with Gasteiger partial charge in [-0.3, -0.25) is 4.79 Å². The summed E-state index contributed by atoms with van der Waals surface area (Å²) >= 11 is 0. The second-order valence-corrected chi connectivity index (χ2v) is 7.42. The molecule has 1 amide bonds. The van der Waals surface area contributed by atoms with Crippen LogP contribution < -0.4 is 0 Å². The van der Waals surface area contributed by atoms with Crippen molar-refractivity contribution in [2.75, 3.05) is 46.9 Å². The lowest BCUT2D eigenvalue weighted by Crippen LogP contribution is -2.47. The molecule has 0 saturated carbocycles. The molecule has 0 aliphatic carbocycles. The molecule has 3 saturated heterocycles. The third-order valence-corrected chi connectivity index (χ3v) is 5.60. The minimum Gasteiger partial charge on any atom is -0.381 e. The normalized spacial score (nSPS) is 29.8. The second-order valence-electron chi connectivity index (χ2n) is 7.42. The third-order valence-electron chi connectivity index (χ3n) is 5.60. The maximum absolute atomic E-state index is 12.1. The van der Waals surface area contributed by atoms with Gasteiger partial charge in [-0.15, -0.1) is 0 Å². The largest absolute Gasteiger partial charge is 0.381 e. The number of carbonyl (C=O) groups is 1. The van der Waals surface area contributed by atoms with Crippen LogP contribution in [0.4, 0.5) is 0 Å². The lowest BCUT2D eigenvalue weighted by molar-refractivity contribution is -0.148. The number of likely N-dealkylation sites (tertiary alicyclic amines) is 1. The standard InChI is InChI=1S/C17H30N2O3/c1-18(2)16(20)15-3-6-17(22-15)7-9-19(10-8-17)13-14-4-11-21-12-5-14/h14-15H,3-13H2,1-2H3/t15-/m0/s1. The van der Waals surface area contributed by atoms with Crippen molar-refractivity contribution in [2.24, 2.45) is 5.92 Å². The van der Waals surface area contributed by atoms with Crippen LogP contribution in [0.25, 0.3) is 0 Å². The molecule has 0 N–H and O–H groups in total. The fourth-order valence-corrected chi connectivity index (χ4v) is 4.08. The van der Waals surface area contributed by atoms with Gasteiger partial charge in [0.05, 0.1) is 5.60 Å². The maximum atomic E-state index is 12.1. The Morgan fingerprint density at radius 1 is 1.14 bits per heavy atom. The summed E-state index contributed by atoms with van der Waals surface area (Å²) in [6.07, 6.45) is 6.28. The fraction of sp³-hybridized carbons (Fsp3) is 0.941. The highest BCUT2D eigenvalue weighted by Gasteiger charge is 2.45. The Labute approximate surface area is 133 Å². The van der Waals surface area contributed by atoms with Gasteiger partial charge in [0, 0.05) is 46.9 Å². The van der Waals surface area contributed by atoms with Crippen LogP contribution in [0.15, 0.2) is 0 Å². The minimum absolute atomic E-state index is 0.0253. The summed E-state index contributed by atoms with van der Waals surface area (Å²) in [6.45, 7) is 5.29. The van der Waals surface area contributed by atoms with E-state index in [1.165, 1.54) is 19.4 Å². The maximum Gasteiger partial charge on any atom is 0.251 e. The molecule has 1 spiro atoms. The quantitative estimate of drug-likeness (QED) is 0.792. The molecule has 3 heterocycles. The molecule has 3 rings (SSSR count). The molecular weight excluding hydrogens is 280 g/mol. The summed E-state index contributed by atoms with van der Waals surface area (Å²) < 4.78 is 11.7. The van der Waals surface area contributed by atoms with E-state index in [0.717, 1.165) is 57.9 Å². The van der Waals surface area contributed by atoms with Gasteiger partial charge in [0.1, 0.15) is 6.10 Å². The van der Waals surface area contributed by atoms with Gasteiger partial charge in [0.15, 0.2) is 0 Å². The van der Waals surface area contributed by atoms with E-state index in [0.29, 0.717) is 0 Å². The molecule has 5 nitrogen and oxygen atoms in total. The van der Waals surface area contributed by atoms with E-state index in [-0.39, 0.29) is 17.6 Å². The Balaban J connectivity index is 1.46. The predicted octanol–water partition coefficient (Wildman–Crippen LogP) is 1.51. The number of ether oxygens (including phenoxy) is 2. The number of amides is 1. The second kappa shape index (κ2) is 6.85. The molecule has 3 aliphatic rings. The van der Waals surface area contributed by atoms with Crippen molar-refractivity contribution < 1.29 is 14.3 Å². The van der Waals surface area contributed by atoms with Crippen LogP contribution in [-0.4, -0.2) is 74.4 Å². The highest BCUT2D eigenvalue weighted by Crippen LogP contribution is 2.39. The first kappa shape index (κ1) is 16.2. The van der Waals surface area contributed by atoms with Crippen LogP contribution in [0, 0.1) is 5.92 Å². The summed E-state index contributed by atoms with van der Waals surface area (Å²) in [5.74, 6) is 0.928.